The van der Waals surface area contributed by atoms with Crippen molar-refractivity contribution in [2.45, 2.75) is 44.3 Å². The molecule has 0 radical (unpaired) electrons. The maximum Gasteiger partial charge on any atom is 0.227 e. The number of hydrogen-bond donors (Lipinski definition) is 1. The van der Waals surface area contributed by atoms with E-state index in [9.17, 15) is 4.79 Å². The van der Waals surface area contributed by atoms with Crippen LogP contribution in [0.4, 0.5) is 5.95 Å². The number of Topliss-reactive ketones (excluding diaryl/α,β-unsaturated/α-hetero) is 1. The summed E-state index contributed by atoms with van der Waals surface area (Å²) in [6.07, 6.45) is 0. The Bertz CT molecular complexity index is 1640. The SMILES string of the molecule is CCOc1cc(C2C(C(C)=O)=C(C)Nc3nc(SCc4ccccc4Cl)nn32)cc(Br)c1OCc1ccccc1Cl. The van der Waals surface area contributed by atoms with Gasteiger partial charge in [0.15, 0.2) is 17.3 Å². The van der Waals surface area contributed by atoms with Crippen molar-refractivity contribution in [2.24, 2.45) is 0 Å². The number of hydrogen-bond acceptors (Lipinski definition) is 7. The number of ketones is 1. The van der Waals surface area contributed by atoms with Crippen molar-refractivity contribution < 1.29 is 14.3 Å². The van der Waals surface area contributed by atoms with Crippen LogP contribution in [-0.2, 0) is 17.2 Å². The maximum atomic E-state index is 13.0. The van der Waals surface area contributed by atoms with Gasteiger partial charge in [0.05, 0.1) is 11.1 Å². The molecule has 1 aliphatic rings. The lowest BCUT2D eigenvalue weighted by atomic mass is 9.93. The highest BCUT2D eigenvalue weighted by molar-refractivity contribution is 9.10. The summed E-state index contributed by atoms with van der Waals surface area (Å²) in [4.78, 5) is 17.7. The molecule has 2 heterocycles. The van der Waals surface area contributed by atoms with E-state index in [4.69, 9.17) is 42.8 Å². The van der Waals surface area contributed by atoms with E-state index in [2.05, 4.69) is 21.2 Å². The van der Waals surface area contributed by atoms with Crippen LogP contribution in [0.5, 0.6) is 11.5 Å². The Morgan fingerprint density at radius 1 is 1.07 bits per heavy atom. The molecule has 0 spiro atoms. The van der Waals surface area contributed by atoms with Gasteiger partial charge in [0.25, 0.3) is 0 Å². The fourth-order valence-electron chi connectivity index (χ4n) is 4.63. The van der Waals surface area contributed by atoms with Crippen LogP contribution >= 0.6 is 50.9 Å². The van der Waals surface area contributed by atoms with E-state index in [-0.39, 0.29) is 12.4 Å². The smallest absolute Gasteiger partial charge is 0.227 e. The van der Waals surface area contributed by atoms with Crippen molar-refractivity contribution in [3.05, 3.63) is 103 Å². The van der Waals surface area contributed by atoms with Gasteiger partial charge in [0, 0.05) is 32.6 Å². The number of allylic oxidation sites excluding steroid dienone is 2. The lowest BCUT2D eigenvalue weighted by Crippen LogP contribution is -2.28. The Kier molecular flexibility index (Phi) is 9.28. The predicted octanol–water partition coefficient (Wildman–Crippen LogP) is 8.50. The third-order valence-electron chi connectivity index (χ3n) is 6.50. The first-order valence-corrected chi connectivity index (χ1v) is 15.4. The van der Waals surface area contributed by atoms with Crippen molar-refractivity contribution >= 4 is 62.6 Å². The van der Waals surface area contributed by atoms with Gasteiger partial charge in [-0.25, -0.2) is 4.68 Å². The summed E-state index contributed by atoms with van der Waals surface area (Å²) in [5, 5.41) is 9.96. The number of carbonyl (C=O) groups is 1. The lowest BCUT2D eigenvalue weighted by molar-refractivity contribution is -0.114. The molecule has 4 aromatic rings. The molecule has 0 amide bonds. The monoisotopic (exact) mass is 672 g/mol. The largest absolute Gasteiger partial charge is 0.490 e. The first-order valence-electron chi connectivity index (χ1n) is 12.9. The topological polar surface area (TPSA) is 78.3 Å². The van der Waals surface area contributed by atoms with Gasteiger partial charge in [-0.15, -0.1) is 5.10 Å². The summed E-state index contributed by atoms with van der Waals surface area (Å²) in [6, 6.07) is 18.5. The number of carbonyl (C=O) groups excluding carboxylic acids is 1. The average molecular weight is 674 g/mol. The van der Waals surface area contributed by atoms with Gasteiger partial charge in [-0.3, -0.25) is 4.79 Å². The van der Waals surface area contributed by atoms with Crippen molar-refractivity contribution in [1.29, 1.82) is 0 Å². The van der Waals surface area contributed by atoms with Gasteiger partial charge in [-0.1, -0.05) is 71.4 Å². The van der Waals surface area contributed by atoms with Crippen molar-refractivity contribution in [3.63, 3.8) is 0 Å². The van der Waals surface area contributed by atoms with Gasteiger partial charge in [-0.2, -0.15) is 4.98 Å². The van der Waals surface area contributed by atoms with E-state index < -0.39 is 6.04 Å². The Balaban J connectivity index is 1.51. The number of benzene rings is 3. The summed E-state index contributed by atoms with van der Waals surface area (Å²) < 4.78 is 14.6. The minimum atomic E-state index is -0.529. The standard InChI is InChI=1S/C30H27BrCl2N4O3S/c1-4-39-25-14-21(13-22(31)28(25)40-15-19-9-5-7-11-23(19)32)27-26(18(3)38)17(2)34-29-35-30(36-37(27)29)41-16-20-10-6-8-12-24(20)33/h5-14,27H,4,15-16H2,1-3H3,(H,34,35,36). The molecule has 11 heteroatoms. The number of ether oxygens (including phenoxy) is 2. The van der Waals surface area contributed by atoms with Crippen LogP contribution in [-0.4, -0.2) is 27.2 Å². The van der Waals surface area contributed by atoms with E-state index in [1.54, 1.807) is 11.6 Å². The van der Waals surface area contributed by atoms with E-state index in [0.717, 1.165) is 22.4 Å². The molecule has 1 unspecified atom stereocenters. The molecule has 212 valence electrons. The molecule has 5 rings (SSSR count). The average Bonchev–Trinajstić information content (AvgIpc) is 3.34. The molecule has 1 aromatic heterocycles. The second kappa shape index (κ2) is 12.9. The Labute approximate surface area is 261 Å². The summed E-state index contributed by atoms with van der Waals surface area (Å²) in [5.41, 5.74) is 3.96. The van der Waals surface area contributed by atoms with Crippen LogP contribution in [0.2, 0.25) is 10.0 Å². The number of nitrogens with zero attached hydrogens (tertiary/aromatic N) is 3. The number of aromatic nitrogens is 3. The van der Waals surface area contributed by atoms with Gasteiger partial charge >= 0.3 is 0 Å². The molecule has 0 fully saturated rings. The minimum absolute atomic E-state index is 0.0699. The van der Waals surface area contributed by atoms with Gasteiger partial charge < -0.3 is 14.8 Å². The molecule has 0 bridgehead atoms. The van der Waals surface area contributed by atoms with Gasteiger partial charge in [-0.05, 0) is 72.1 Å². The normalized spacial score (nSPS) is 14.4. The summed E-state index contributed by atoms with van der Waals surface area (Å²) in [5.74, 6) is 2.17. The van der Waals surface area contributed by atoms with Crippen LogP contribution in [0.3, 0.4) is 0 Å². The van der Waals surface area contributed by atoms with Crippen molar-refractivity contribution in [3.8, 4) is 11.5 Å². The van der Waals surface area contributed by atoms with E-state index >= 15 is 0 Å². The number of rotatable bonds is 10. The molecular formula is C30H27BrCl2N4O3S. The third-order valence-corrected chi connectivity index (χ3v) is 8.72. The minimum Gasteiger partial charge on any atom is -0.490 e. The van der Waals surface area contributed by atoms with Crippen LogP contribution in [0.25, 0.3) is 0 Å². The molecule has 1 aliphatic heterocycles. The Morgan fingerprint density at radius 2 is 1.76 bits per heavy atom. The number of fused-ring (bicyclic) bond motifs is 1. The predicted molar refractivity (Wildman–Crippen MR) is 167 cm³/mol. The molecule has 41 heavy (non-hydrogen) atoms. The van der Waals surface area contributed by atoms with E-state index in [0.29, 0.717) is 55.1 Å². The number of nitrogens with one attached hydrogen (secondary N) is 1. The third kappa shape index (κ3) is 6.43. The molecule has 1 N–H and O–H groups in total. The first kappa shape index (κ1) is 29.5. The second-order valence-electron chi connectivity index (χ2n) is 9.31. The zero-order valence-corrected chi connectivity index (χ0v) is 26.5. The number of anilines is 1. The Morgan fingerprint density at radius 3 is 2.41 bits per heavy atom. The van der Waals surface area contributed by atoms with Crippen molar-refractivity contribution in [2.75, 3.05) is 11.9 Å². The summed E-state index contributed by atoms with van der Waals surface area (Å²) in [7, 11) is 0. The molecular weight excluding hydrogens is 647 g/mol. The quantitative estimate of drug-likeness (QED) is 0.169. The maximum absolute atomic E-state index is 13.0. The zero-order valence-electron chi connectivity index (χ0n) is 22.6. The molecule has 3 aromatic carbocycles. The highest BCUT2D eigenvalue weighted by Crippen LogP contribution is 2.44. The van der Waals surface area contributed by atoms with Gasteiger partial charge in [0.2, 0.25) is 11.1 Å². The first-order chi connectivity index (χ1) is 19.8. The molecule has 0 saturated heterocycles. The van der Waals surface area contributed by atoms with E-state index in [1.807, 2.05) is 74.5 Å². The molecule has 1 atom stereocenters. The van der Waals surface area contributed by atoms with Crippen molar-refractivity contribution in [1.82, 2.24) is 14.8 Å². The Hall–Kier alpha value is -2.98. The summed E-state index contributed by atoms with van der Waals surface area (Å²) in [6.45, 7) is 6.03. The molecule has 0 aliphatic carbocycles. The van der Waals surface area contributed by atoms with Crippen LogP contribution in [0.1, 0.15) is 43.5 Å². The lowest BCUT2D eigenvalue weighted by Gasteiger charge is -2.28. The van der Waals surface area contributed by atoms with Crippen LogP contribution < -0.4 is 14.8 Å². The fraction of sp³-hybridized carbons (Fsp3) is 0.233. The summed E-state index contributed by atoms with van der Waals surface area (Å²) >= 11 is 17.9. The van der Waals surface area contributed by atoms with Crippen LogP contribution in [0, 0.1) is 0 Å². The highest BCUT2D eigenvalue weighted by Gasteiger charge is 2.34. The van der Waals surface area contributed by atoms with Gasteiger partial charge in [0.1, 0.15) is 12.6 Å². The second-order valence-corrected chi connectivity index (χ2v) is 11.9. The highest BCUT2D eigenvalue weighted by atomic mass is 79.9. The van der Waals surface area contributed by atoms with Crippen LogP contribution in [0.15, 0.2) is 81.6 Å². The zero-order chi connectivity index (χ0) is 29.1. The molecule has 0 saturated carbocycles. The fourth-order valence-corrected chi connectivity index (χ4v) is 6.51. The number of halogens is 3. The number of thioether (sulfide) groups is 1. The molecule has 7 nitrogen and oxygen atoms in total. The van der Waals surface area contributed by atoms with E-state index in [1.165, 1.54) is 11.8 Å².